The van der Waals surface area contributed by atoms with E-state index < -0.39 is 0 Å². The third-order valence-corrected chi connectivity index (χ3v) is 4.57. The van der Waals surface area contributed by atoms with Crippen molar-refractivity contribution in [3.8, 4) is 0 Å². The molecule has 0 amide bonds. The zero-order valence-electron chi connectivity index (χ0n) is 11.5. The van der Waals surface area contributed by atoms with E-state index >= 15 is 0 Å². The molecule has 1 aliphatic carbocycles. The molecular formula is C14H26N2O. The molecule has 3 fully saturated rings. The first-order chi connectivity index (χ1) is 8.01. The predicted molar refractivity (Wildman–Crippen MR) is 69.1 cm³/mol. The van der Waals surface area contributed by atoms with Gasteiger partial charge in [-0.1, -0.05) is 0 Å². The van der Waals surface area contributed by atoms with Crippen molar-refractivity contribution in [3.63, 3.8) is 0 Å². The van der Waals surface area contributed by atoms with Crippen LogP contribution in [0.2, 0.25) is 0 Å². The second-order valence-corrected chi connectivity index (χ2v) is 7.18. The van der Waals surface area contributed by atoms with Gasteiger partial charge in [-0.15, -0.1) is 0 Å². The second kappa shape index (κ2) is 3.94. The maximum atomic E-state index is 5.81. The smallest absolute Gasteiger partial charge is 0.0538 e. The normalized spacial score (nSPS) is 30.4. The molecule has 0 aromatic rings. The standard InChI is InChI=1S/C14H26N2O/c1-12(2)17-11-13(4-5-13)8-16-9-14(10-16)6-15(3)7-14/h12H,4-11H2,1-3H3. The molecule has 1 saturated carbocycles. The highest BCUT2D eigenvalue weighted by Gasteiger charge is 2.53. The number of likely N-dealkylation sites (tertiary alicyclic amines) is 2. The summed E-state index contributed by atoms with van der Waals surface area (Å²) in [6.45, 7) is 11.8. The van der Waals surface area contributed by atoms with Crippen molar-refractivity contribution < 1.29 is 4.74 Å². The quantitative estimate of drug-likeness (QED) is 0.721. The van der Waals surface area contributed by atoms with Crippen LogP contribution in [0, 0.1) is 10.8 Å². The zero-order chi connectivity index (χ0) is 12.1. The number of rotatable bonds is 5. The van der Waals surface area contributed by atoms with Gasteiger partial charge >= 0.3 is 0 Å². The molecule has 3 nitrogen and oxygen atoms in total. The Morgan fingerprint density at radius 2 is 1.76 bits per heavy atom. The molecule has 98 valence electrons. The SMILES string of the molecule is CC(C)OCC1(CN2CC3(CN(C)C3)C2)CC1. The van der Waals surface area contributed by atoms with Crippen LogP contribution in [0.25, 0.3) is 0 Å². The average molecular weight is 238 g/mol. The highest BCUT2D eigenvalue weighted by atomic mass is 16.5. The first-order valence-electron chi connectivity index (χ1n) is 7.04. The summed E-state index contributed by atoms with van der Waals surface area (Å²) >= 11 is 0. The minimum Gasteiger partial charge on any atom is -0.378 e. The summed E-state index contributed by atoms with van der Waals surface area (Å²) in [6, 6.07) is 0. The van der Waals surface area contributed by atoms with Gasteiger partial charge in [0.25, 0.3) is 0 Å². The van der Waals surface area contributed by atoms with Crippen LogP contribution >= 0.6 is 0 Å². The van der Waals surface area contributed by atoms with Gasteiger partial charge in [0.15, 0.2) is 0 Å². The van der Waals surface area contributed by atoms with Gasteiger partial charge in [-0.3, -0.25) is 0 Å². The maximum absolute atomic E-state index is 5.81. The molecule has 2 heterocycles. The Morgan fingerprint density at radius 1 is 1.12 bits per heavy atom. The largest absolute Gasteiger partial charge is 0.378 e. The van der Waals surface area contributed by atoms with Gasteiger partial charge in [0.05, 0.1) is 12.7 Å². The van der Waals surface area contributed by atoms with Crippen LogP contribution in [-0.4, -0.2) is 62.3 Å². The average Bonchev–Trinajstić information content (AvgIpc) is 2.90. The van der Waals surface area contributed by atoms with E-state index in [0.29, 0.717) is 16.9 Å². The highest BCUT2D eigenvalue weighted by molar-refractivity contribution is 5.07. The minimum absolute atomic E-state index is 0.385. The fourth-order valence-corrected chi connectivity index (χ4v) is 3.66. The van der Waals surface area contributed by atoms with Crippen LogP contribution in [0.3, 0.4) is 0 Å². The lowest BCUT2D eigenvalue weighted by atomic mass is 9.73. The topological polar surface area (TPSA) is 15.7 Å². The molecule has 0 aromatic carbocycles. The Labute approximate surface area is 105 Å². The van der Waals surface area contributed by atoms with E-state index in [1.807, 2.05) is 0 Å². The van der Waals surface area contributed by atoms with Gasteiger partial charge < -0.3 is 14.5 Å². The van der Waals surface area contributed by atoms with Crippen LogP contribution in [0.4, 0.5) is 0 Å². The van der Waals surface area contributed by atoms with Crippen molar-refractivity contribution in [2.24, 2.45) is 10.8 Å². The second-order valence-electron chi connectivity index (χ2n) is 7.18. The van der Waals surface area contributed by atoms with Crippen molar-refractivity contribution in [2.45, 2.75) is 32.8 Å². The molecule has 2 saturated heterocycles. The van der Waals surface area contributed by atoms with E-state index in [-0.39, 0.29) is 0 Å². The molecule has 0 unspecified atom stereocenters. The molecule has 0 N–H and O–H groups in total. The summed E-state index contributed by atoms with van der Waals surface area (Å²) in [4.78, 5) is 5.09. The van der Waals surface area contributed by atoms with E-state index in [4.69, 9.17) is 4.74 Å². The lowest BCUT2D eigenvalue weighted by Crippen LogP contribution is -2.71. The molecule has 0 atom stereocenters. The van der Waals surface area contributed by atoms with Gasteiger partial charge in [0.2, 0.25) is 0 Å². The molecule has 3 aliphatic rings. The van der Waals surface area contributed by atoms with Crippen LogP contribution < -0.4 is 0 Å². The molecule has 3 rings (SSSR count). The van der Waals surface area contributed by atoms with Crippen molar-refractivity contribution in [3.05, 3.63) is 0 Å². The van der Waals surface area contributed by atoms with Crippen molar-refractivity contribution in [1.82, 2.24) is 9.80 Å². The van der Waals surface area contributed by atoms with E-state index in [9.17, 15) is 0 Å². The lowest BCUT2D eigenvalue weighted by Gasteiger charge is -2.60. The fraction of sp³-hybridized carbons (Fsp3) is 1.00. The molecule has 3 heteroatoms. The summed E-state index contributed by atoms with van der Waals surface area (Å²) in [5.41, 5.74) is 1.21. The number of hydrogen-bond donors (Lipinski definition) is 0. The Morgan fingerprint density at radius 3 is 2.24 bits per heavy atom. The van der Waals surface area contributed by atoms with E-state index in [0.717, 1.165) is 6.61 Å². The van der Waals surface area contributed by atoms with E-state index in [1.165, 1.54) is 45.6 Å². The fourth-order valence-electron chi connectivity index (χ4n) is 3.66. The molecular weight excluding hydrogens is 212 g/mol. The lowest BCUT2D eigenvalue weighted by molar-refractivity contribution is -0.114. The van der Waals surface area contributed by atoms with Crippen LogP contribution in [0.15, 0.2) is 0 Å². The Balaban J connectivity index is 1.40. The monoisotopic (exact) mass is 238 g/mol. The summed E-state index contributed by atoms with van der Waals surface area (Å²) < 4.78 is 5.81. The van der Waals surface area contributed by atoms with Gasteiger partial charge in [0.1, 0.15) is 0 Å². The molecule has 0 radical (unpaired) electrons. The third-order valence-electron chi connectivity index (χ3n) is 4.57. The first kappa shape index (κ1) is 11.9. The summed E-state index contributed by atoms with van der Waals surface area (Å²) in [5, 5.41) is 0. The van der Waals surface area contributed by atoms with Crippen molar-refractivity contribution in [2.75, 3.05) is 46.4 Å². The third kappa shape index (κ3) is 2.38. The first-order valence-corrected chi connectivity index (χ1v) is 7.04. The van der Waals surface area contributed by atoms with Gasteiger partial charge in [-0.2, -0.15) is 0 Å². The Bertz CT molecular complexity index is 285. The molecule has 0 bridgehead atoms. The zero-order valence-corrected chi connectivity index (χ0v) is 11.5. The predicted octanol–water partition coefficient (Wildman–Crippen LogP) is 1.44. The van der Waals surface area contributed by atoms with Crippen molar-refractivity contribution in [1.29, 1.82) is 0 Å². The van der Waals surface area contributed by atoms with Crippen molar-refractivity contribution >= 4 is 0 Å². The Kier molecular flexibility index (Phi) is 2.77. The van der Waals surface area contributed by atoms with Crippen LogP contribution in [0.1, 0.15) is 26.7 Å². The molecule has 2 aliphatic heterocycles. The van der Waals surface area contributed by atoms with Gasteiger partial charge in [0, 0.05) is 43.6 Å². The summed E-state index contributed by atoms with van der Waals surface area (Å²) in [5.74, 6) is 0. The maximum Gasteiger partial charge on any atom is 0.0538 e. The summed E-state index contributed by atoms with van der Waals surface area (Å²) in [6.07, 6.45) is 3.14. The number of ether oxygens (including phenoxy) is 1. The Hall–Kier alpha value is -0.120. The van der Waals surface area contributed by atoms with E-state index in [2.05, 4.69) is 30.7 Å². The molecule has 0 aromatic heterocycles. The van der Waals surface area contributed by atoms with E-state index in [1.54, 1.807) is 0 Å². The summed E-state index contributed by atoms with van der Waals surface area (Å²) in [7, 11) is 2.23. The van der Waals surface area contributed by atoms with Gasteiger partial charge in [-0.25, -0.2) is 0 Å². The van der Waals surface area contributed by atoms with Crippen LogP contribution in [0.5, 0.6) is 0 Å². The highest BCUT2D eigenvalue weighted by Crippen LogP contribution is 2.49. The number of hydrogen-bond acceptors (Lipinski definition) is 3. The minimum atomic E-state index is 0.385. The molecule has 17 heavy (non-hydrogen) atoms. The van der Waals surface area contributed by atoms with Crippen LogP contribution in [-0.2, 0) is 4.74 Å². The van der Waals surface area contributed by atoms with Gasteiger partial charge in [-0.05, 0) is 33.7 Å². The molecule has 1 spiro atoms. The number of nitrogens with zero attached hydrogens (tertiary/aromatic N) is 2.